The molecule has 0 aliphatic carbocycles. The van der Waals surface area contributed by atoms with Crippen molar-refractivity contribution in [2.75, 3.05) is 13.1 Å². The summed E-state index contributed by atoms with van der Waals surface area (Å²) in [5.41, 5.74) is 2.09. The fourth-order valence-electron chi connectivity index (χ4n) is 4.25. The van der Waals surface area contributed by atoms with Crippen LogP contribution in [0.25, 0.3) is 0 Å². The van der Waals surface area contributed by atoms with Gasteiger partial charge in [0.1, 0.15) is 5.60 Å². The van der Waals surface area contributed by atoms with Crippen LogP contribution in [0.1, 0.15) is 34.3 Å². The second-order valence-electron chi connectivity index (χ2n) is 7.45. The van der Waals surface area contributed by atoms with Crippen LogP contribution in [0.2, 0.25) is 0 Å². The molecule has 142 valence electrons. The van der Waals surface area contributed by atoms with Crippen molar-refractivity contribution in [2.45, 2.75) is 31.0 Å². The summed E-state index contributed by atoms with van der Waals surface area (Å²) in [5, 5.41) is 0. The largest absolute Gasteiger partial charge is 0.451 e. The van der Waals surface area contributed by atoms with Crippen molar-refractivity contribution in [3.8, 4) is 0 Å². The number of amides is 1. The number of piperidine rings is 1. The molecule has 1 unspecified atom stereocenters. The zero-order chi connectivity index (χ0) is 19.1. The quantitative estimate of drug-likeness (QED) is 0.754. The van der Waals surface area contributed by atoms with Crippen LogP contribution in [0.5, 0.6) is 0 Å². The average Bonchev–Trinajstić information content (AvgIpc) is 3.22. The van der Waals surface area contributed by atoms with Crippen LogP contribution >= 0.6 is 0 Å². The molecular formula is C22H20N2O4. The number of hydrogen-bond donors (Lipinski definition) is 0. The van der Waals surface area contributed by atoms with Gasteiger partial charge in [0.05, 0.1) is 5.56 Å². The second kappa shape index (κ2) is 6.48. The number of likely N-dealkylation sites (tertiary alicyclic amines) is 1. The van der Waals surface area contributed by atoms with Gasteiger partial charge in [0.15, 0.2) is 6.10 Å². The monoisotopic (exact) mass is 376 g/mol. The first-order chi connectivity index (χ1) is 13.6. The van der Waals surface area contributed by atoms with Gasteiger partial charge in [-0.1, -0.05) is 48.5 Å². The highest BCUT2D eigenvalue weighted by Crippen LogP contribution is 2.44. The van der Waals surface area contributed by atoms with E-state index in [-0.39, 0.29) is 11.9 Å². The lowest BCUT2D eigenvalue weighted by Crippen LogP contribution is -2.45. The molecule has 2 aromatic rings. The van der Waals surface area contributed by atoms with E-state index in [4.69, 9.17) is 9.47 Å². The topological polar surface area (TPSA) is 68.2 Å². The summed E-state index contributed by atoms with van der Waals surface area (Å²) in [7, 11) is 0. The molecular weight excluding hydrogens is 356 g/mol. The van der Waals surface area contributed by atoms with E-state index in [0.29, 0.717) is 43.9 Å². The highest BCUT2D eigenvalue weighted by molar-refractivity contribution is 5.99. The molecule has 3 aliphatic heterocycles. The first kappa shape index (κ1) is 17.0. The highest BCUT2D eigenvalue weighted by Gasteiger charge is 2.48. The molecule has 0 aromatic heterocycles. The number of benzene rings is 2. The molecule has 0 radical (unpaired) electrons. The Morgan fingerprint density at radius 2 is 1.71 bits per heavy atom. The van der Waals surface area contributed by atoms with E-state index in [1.165, 1.54) is 0 Å². The van der Waals surface area contributed by atoms with Crippen LogP contribution in [0.15, 0.2) is 59.6 Å². The van der Waals surface area contributed by atoms with Crippen molar-refractivity contribution in [3.05, 3.63) is 71.3 Å². The minimum atomic E-state index is -0.573. The Labute approximate surface area is 162 Å². The molecule has 0 saturated carbocycles. The Balaban J connectivity index is 1.26. The molecule has 0 bridgehead atoms. The molecule has 1 spiro atoms. The van der Waals surface area contributed by atoms with Crippen molar-refractivity contribution >= 4 is 17.9 Å². The van der Waals surface area contributed by atoms with Gasteiger partial charge < -0.3 is 14.4 Å². The minimum absolute atomic E-state index is 0.239. The molecule has 1 amide bonds. The van der Waals surface area contributed by atoms with Crippen molar-refractivity contribution < 1.29 is 19.1 Å². The van der Waals surface area contributed by atoms with Crippen LogP contribution in [0.4, 0.5) is 0 Å². The van der Waals surface area contributed by atoms with E-state index >= 15 is 0 Å². The van der Waals surface area contributed by atoms with Crippen LogP contribution in [0.3, 0.4) is 0 Å². The van der Waals surface area contributed by atoms with E-state index in [1.54, 1.807) is 0 Å². The third-order valence-electron chi connectivity index (χ3n) is 5.76. The van der Waals surface area contributed by atoms with Crippen LogP contribution in [-0.4, -0.2) is 42.0 Å². The van der Waals surface area contributed by atoms with Crippen molar-refractivity contribution in [1.29, 1.82) is 0 Å². The van der Waals surface area contributed by atoms with E-state index in [1.807, 2.05) is 59.5 Å². The predicted molar refractivity (Wildman–Crippen MR) is 102 cm³/mol. The maximum atomic E-state index is 12.3. The van der Waals surface area contributed by atoms with Gasteiger partial charge in [-0.25, -0.2) is 4.79 Å². The Kier molecular flexibility index (Phi) is 3.93. The van der Waals surface area contributed by atoms with Crippen LogP contribution < -0.4 is 0 Å². The van der Waals surface area contributed by atoms with Gasteiger partial charge in [-0.05, 0) is 11.6 Å². The van der Waals surface area contributed by atoms with Gasteiger partial charge in [-0.15, -0.1) is 0 Å². The Morgan fingerprint density at radius 1 is 1.00 bits per heavy atom. The maximum Gasteiger partial charge on any atom is 0.339 e. The van der Waals surface area contributed by atoms with Gasteiger partial charge in [0.25, 0.3) is 11.9 Å². The second-order valence-corrected chi connectivity index (χ2v) is 7.45. The summed E-state index contributed by atoms with van der Waals surface area (Å²) in [6.45, 7) is 1.23. The summed E-state index contributed by atoms with van der Waals surface area (Å²) >= 11 is 0. The first-order valence-electron chi connectivity index (χ1n) is 9.56. The number of nitrogens with zero attached hydrogens (tertiary/aromatic N) is 2. The summed E-state index contributed by atoms with van der Waals surface area (Å²) in [4.78, 5) is 30.6. The van der Waals surface area contributed by atoms with Gasteiger partial charge in [-0.2, -0.15) is 4.99 Å². The zero-order valence-electron chi connectivity index (χ0n) is 15.3. The third kappa shape index (κ3) is 2.76. The van der Waals surface area contributed by atoms with Crippen molar-refractivity contribution in [1.82, 2.24) is 4.90 Å². The smallest absolute Gasteiger partial charge is 0.339 e. The summed E-state index contributed by atoms with van der Waals surface area (Å²) in [5.74, 6) is -0.492. The molecule has 3 heterocycles. The number of hydrogen-bond acceptors (Lipinski definition) is 5. The molecule has 6 heteroatoms. The van der Waals surface area contributed by atoms with E-state index < -0.39 is 11.7 Å². The SMILES string of the molecule is O=C1OC2(CCN(C3=NC(=O)C(Cc4ccccc4)O3)CC2)c2ccccc21. The Morgan fingerprint density at radius 3 is 2.50 bits per heavy atom. The van der Waals surface area contributed by atoms with Crippen LogP contribution in [0, 0.1) is 0 Å². The minimum Gasteiger partial charge on any atom is -0.451 e. The number of carbonyl (C=O) groups is 2. The molecule has 28 heavy (non-hydrogen) atoms. The fraction of sp³-hybridized carbons (Fsp3) is 0.318. The third-order valence-corrected chi connectivity index (χ3v) is 5.76. The van der Waals surface area contributed by atoms with Gasteiger partial charge in [0.2, 0.25) is 0 Å². The average molecular weight is 376 g/mol. The number of rotatable bonds is 2. The normalized spacial score (nSPS) is 22.6. The van der Waals surface area contributed by atoms with E-state index in [0.717, 1.165) is 11.1 Å². The molecule has 1 fully saturated rings. The van der Waals surface area contributed by atoms with E-state index in [2.05, 4.69) is 4.99 Å². The fourth-order valence-corrected chi connectivity index (χ4v) is 4.25. The molecule has 5 rings (SSSR count). The van der Waals surface area contributed by atoms with E-state index in [9.17, 15) is 9.59 Å². The highest BCUT2D eigenvalue weighted by atomic mass is 16.6. The number of aliphatic imine (C=N–C) groups is 1. The summed E-state index contributed by atoms with van der Waals surface area (Å²) in [6.07, 6.45) is 1.24. The van der Waals surface area contributed by atoms with Gasteiger partial charge in [-0.3, -0.25) is 4.79 Å². The molecule has 6 nitrogen and oxygen atoms in total. The number of fused-ring (bicyclic) bond motifs is 2. The lowest BCUT2D eigenvalue weighted by molar-refractivity contribution is -0.122. The molecule has 2 aromatic carbocycles. The predicted octanol–water partition coefficient (Wildman–Crippen LogP) is 2.67. The lowest BCUT2D eigenvalue weighted by atomic mass is 9.84. The zero-order valence-corrected chi connectivity index (χ0v) is 15.3. The number of amidine groups is 1. The Hall–Kier alpha value is -3.15. The maximum absolute atomic E-state index is 12.3. The molecule has 3 aliphatic rings. The Bertz CT molecular complexity index is 962. The lowest BCUT2D eigenvalue weighted by Gasteiger charge is -2.38. The number of carbonyl (C=O) groups excluding carboxylic acids is 2. The summed E-state index contributed by atoms with van der Waals surface area (Å²) in [6, 6.07) is 17.8. The molecule has 0 N–H and O–H groups in total. The van der Waals surface area contributed by atoms with Crippen LogP contribution in [-0.2, 0) is 26.3 Å². The van der Waals surface area contributed by atoms with Gasteiger partial charge in [0, 0.05) is 37.9 Å². The van der Waals surface area contributed by atoms with Crippen molar-refractivity contribution in [2.24, 2.45) is 4.99 Å². The number of ether oxygens (including phenoxy) is 2. The molecule has 1 saturated heterocycles. The van der Waals surface area contributed by atoms with Gasteiger partial charge >= 0.3 is 5.97 Å². The standard InChI is InChI=1S/C22H20N2O4/c25-19-18(14-15-6-2-1-3-7-15)27-21(23-19)24-12-10-22(11-13-24)17-9-5-4-8-16(17)20(26)28-22/h1-9,18H,10-14H2. The van der Waals surface area contributed by atoms with Crippen molar-refractivity contribution in [3.63, 3.8) is 0 Å². The first-order valence-corrected chi connectivity index (χ1v) is 9.56. The molecule has 1 atom stereocenters. The summed E-state index contributed by atoms with van der Waals surface area (Å²) < 4.78 is 11.7. The number of esters is 1.